The van der Waals surface area contributed by atoms with Crippen molar-refractivity contribution in [3.63, 3.8) is 0 Å². The Bertz CT molecular complexity index is 401. The summed E-state index contributed by atoms with van der Waals surface area (Å²) < 4.78 is 42.4. The molecule has 1 aromatic rings. The average molecular weight is 255 g/mol. The molecule has 1 rings (SSSR count). The van der Waals surface area contributed by atoms with Crippen molar-refractivity contribution in [1.29, 1.82) is 0 Å². The van der Waals surface area contributed by atoms with E-state index in [9.17, 15) is 12.8 Å². The second-order valence-electron chi connectivity index (χ2n) is 2.03. The third-order valence-corrected chi connectivity index (χ3v) is 2.68. The van der Waals surface area contributed by atoms with Gasteiger partial charge < -0.3 is 0 Å². The van der Waals surface area contributed by atoms with E-state index in [4.69, 9.17) is 4.55 Å². The Balaban J connectivity index is 3.47. The Hall–Kier alpha value is -0.460. The van der Waals surface area contributed by atoms with E-state index in [-0.39, 0.29) is 4.47 Å². The minimum atomic E-state index is -4.46. The molecule has 1 aromatic carbocycles. The molecule has 0 unspecified atom stereocenters. The molecule has 1 N–H and O–H groups in total. The minimum Gasteiger partial charge on any atom is -0.282 e. The SMILES string of the molecule is O=S(=O)(O)c1cccc(Br)c1F. The summed E-state index contributed by atoms with van der Waals surface area (Å²) in [6.07, 6.45) is 0. The molecule has 0 aliphatic rings. The van der Waals surface area contributed by atoms with Crippen LogP contribution in [0, 0.1) is 5.82 Å². The maximum atomic E-state index is 12.9. The molecule has 0 amide bonds. The van der Waals surface area contributed by atoms with Gasteiger partial charge in [-0.05, 0) is 28.1 Å². The number of hydrogen-bond donors (Lipinski definition) is 1. The van der Waals surface area contributed by atoms with Crippen LogP contribution in [0.4, 0.5) is 4.39 Å². The lowest BCUT2D eigenvalue weighted by atomic mass is 10.3. The molecule has 0 saturated carbocycles. The highest BCUT2D eigenvalue weighted by Gasteiger charge is 2.16. The van der Waals surface area contributed by atoms with Crippen molar-refractivity contribution in [2.45, 2.75) is 4.90 Å². The molecule has 0 heterocycles. The van der Waals surface area contributed by atoms with Crippen LogP contribution in [0.2, 0.25) is 0 Å². The predicted molar refractivity (Wildman–Crippen MR) is 43.9 cm³/mol. The van der Waals surface area contributed by atoms with E-state index in [0.717, 1.165) is 6.07 Å². The molecule has 0 aromatic heterocycles. The Morgan fingerprint density at radius 3 is 2.42 bits per heavy atom. The van der Waals surface area contributed by atoms with E-state index in [2.05, 4.69) is 15.9 Å². The van der Waals surface area contributed by atoms with Gasteiger partial charge in [-0.3, -0.25) is 4.55 Å². The van der Waals surface area contributed by atoms with Crippen LogP contribution in [0.5, 0.6) is 0 Å². The summed E-state index contributed by atoms with van der Waals surface area (Å²) in [5.41, 5.74) is 0. The predicted octanol–water partition coefficient (Wildman–Crippen LogP) is 1.83. The lowest BCUT2D eigenvalue weighted by Crippen LogP contribution is -2.01. The zero-order chi connectivity index (χ0) is 9.35. The largest absolute Gasteiger partial charge is 0.297 e. The maximum Gasteiger partial charge on any atom is 0.297 e. The lowest BCUT2D eigenvalue weighted by Gasteiger charge is -1.99. The van der Waals surface area contributed by atoms with E-state index in [1.807, 2.05) is 0 Å². The molecule has 3 nitrogen and oxygen atoms in total. The summed E-state index contributed by atoms with van der Waals surface area (Å²) in [5, 5.41) is 0. The molecule has 0 bridgehead atoms. The van der Waals surface area contributed by atoms with Gasteiger partial charge in [0, 0.05) is 0 Å². The van der Waals surface area contributed by atoms with E-state index >= 15 is 0 Å². The highest BCUT2D eigenvalue weighted by Crippen LogP contribution is 2.21. The normalized spacial score (nSPS) is 11.6. The highest BCUT2D eigenvalue weighted by molar-refractivity contribution is 9.10. The highest BCUT2D eigenvalue weighted by atomic mass is 79.9. The van der Waals surface area contributed by atoms with Gasteiger partial charge in [-0.25, -0.2) is 4.39 Å². The summed E-state index contributed by atoms with van der Waals surface area (Å²) in [4.78, 5) is -0.725. The van der Waals surface area contributed by atoms with Crippen molar-refractivity contribution >= 4 is 26.0 Å². The molecule has 0 aliphatic heterocycles. The van der Waals surface area contributed by atoms with Gasteiger partial charge in [-0.2, -0.15) is 8.42 Å². The molecule has 0 fully saturated rings. The molecular formula is C6H4BrFO3S. The maximum absolute atomic E-state index is 12.9. The van der Waals surface area contributed by atoms with Crippen LogP contribution >= 0.6 is 15.9 Å². The zero-order valence-electron chi connectivity index (χ0n) is 5.66. The van der Waals surface area contributed by atoms with Crippen LogP contribution in [-0.4, -0.2) is 13.0 Å². The third kappa shape index (κ3) is 1.82. The fraction of sp³-hybridized carbons (Fsp3) is 0. The van der Waals surface area contributed by atoms with Gasteiger partial charge >= 0.3 is 0 Å². The van der Waals surface area contributed by atoms with E-state index in [1.165, 1.54) is 12.1 Å². The number of halogens is 2. The second-order valence-corrected chi connectivity index (χ2v) is 4.27. The van der Waals surface area contributed by atoms with Gasteiger partial charge in [-0.15, -0.1) is 0 Å². The summed E-state index contributed by atoms with van der Waals surface area (Å²) in [6.45, 7) is 0. The fourth-order valence-corrected chi connectivity index (χ4v) is 1.77. The van der Waals surface area contributed by atoms with Crippen molar-refractivity contribution in [1.82, 2.24) is 0 Å². The van der Waals surface area contributed by atoms with Gasteiger partial charge in [0.25, 0.3) is 10.1 Å². The van der Waals surface area contributed by atoms with Crippen molar-refractivity contribution < 1.29 is 17.4 Å². The van der Waals surface area contributed by atoms with Crippen molar-refractivity contribution in [2.75, 3.05) is 0 Å². The first-order valence-electron chi connectivity index (χ1n) is 2.84. The van der Waals surface area contributed by atoms with Crippen molar-refractivity contribution in [3.8, 4) is 0 Å². The van der Waals surface area contributed by atoms with Gasteiger partial charge in [0.05, 0.1) is 4.47 Å². The summed E-state index contributed by atoms with van der Waals surface area (Å²) in [6, 6.07) is 3.63. The Kier molecular flexibility index (Phi) is 2.50. The first kappa shape index (κ1) is 9.63. The van der Waals surface area contributed by atoms with E-state index in [0.29, 0.717) is 0 Å². The first-order valence-corrected chi connectivity index (χ1v) is 5.08. The van der Waals surface area contributed by atoms with E-state index < -0.39 is 20.8 Å². The second kappa shape index (κ2) is 3.12. The summed E-state index contributed by atoms with van der Waals surface area (Å²) in [7, 11) is -4.46. The topological polar surface area (TPSA) is 54.4 Å². The molecular weight excluding hydrogens is 251 g/mol. The minimum absolute atomic E-state index is 0.00220. The molecule has 0 aliphatic carbocycles. The molecule has 6 heteroatoms. The van der Waals surface area contributed by atoms with Gasteiger partial charge in [0.2, 0.25) is 0 Å². The summed E-state index contributed by atoms with van der Waals surface area (Å²) in [5.74, 6) is -0.986. The van der Waals surface area contributed by atoms with Crippen LogP contribution in [-0.2, 0) is 10.1 Å². The number of benzene rings is 1. The van der Waals surface area contributed by atoms with Crippen LogP contribution in [0.15, 0.2) is 27.6 Å². The smallest absolute Gasteiger partial charge is 0.282 e. The standard InChI is InChI=1S/C6H4BrFO3S/c7-4-2-1-3-5(6(4)8)12(9,10)11/h1-3H,(H,9,10,11). The van der Waals surface area contributed by atoms with Crippen molar-refractivity contribution in [2.24, 2.45) is 0 Å². The van der Waals surface area contributed by atoms with Gasteiger partial charge in [0.15, 0.2) is 5.82 Å². The Morgan fingerprint density at radius 2 is 2.00 bits per heavy atom. The molecule has 0 saturated heterocycles. The average Bonchev–Trinajstić information content (AvgIpc) is 1.92. The van der Waals surface area contributed by atoms with Gasteiger partial charge in [-0.1, -0.05) is 6.07 Å². The Labute approximate surface area is 77.1 Å². The third-order valence-electron chi connectivity index (χ3n) is 1.19. The lowest BCUT2D eigenvalue weighted by molar-refractivity contribution is 0.472. The van der Waals surface area contributed by atoms with E-state index in [1.54, 1.807) is 0 Å². The van der Waals surface area contributed by atoms with Crippen LogP contribution < -0.4 is 0 Å². The van der Waals surface area contributed by atoms with Crippen LogP contribution in [0.25, 0.3) is 0 Å². The van der Waals surface area contributed by atoms with Crippen LogP contribution in [0.1, 0.15) is 0 Å². The monoisotopic (exact) mass is 254 g/mol. The first-order chi connectivity index (χ1) is 5.43. The zero-order valence-corrected chi connectivity index (χ0v) is 8.06. The molecule has 0 spiro atoms. The Morgan fingerprint density at radius 1 is 1.42 bits per heavy atom. The molecule has 66 valence electrons. The quantitative estimate of drug-likeness (QED) is 0.779. The fourth-order valence-electron chi connectivity index (χ4n) is 0.683. The van der Waals surface area contributed by atoms with Crippen LogP contribution in [0.3, 0.4) is 0 Å². The molecule has 12 heavy (non-hydrogen) atoms. The summed E-state index contributed by atoms with van der Waals surface area (Å²) >= 11 is 2.79. The van der Waals surface area contributed by atoms with Crippen molar-refractivity contribution in [3.05, 3.63) is 28.5 Å². The number of rotatable bonds is 1. The molecule has 0 radical (unpaired) electrons. The van der Waals surface area contributed by atoms with Gasteiger partial charge in [0.1, 0.15) is 4.90 Å². The number of hydrogen-bond acceptors (Lipinski definition) is 2. The molecule has 0 atom stereocenters.